The minimum Gasteiger partial charge on any atom is -0.372 e. The van der Waals surface area contributed by atoms with E-state index in [9.17, 15) is 18.8 Å². The lowest BCUT2D eigenvalue weighted by Crippen LogP contribution is -2.50. The number of aromatic nitrogens is 1. The highest BCUT2D eigenvalue weighted by molar-refractivity contribution is 6.05. The average molecular weight is 529 g/mol. The molecule has 2 unspecified atom stereocenters. The molecule has 3 aromatic rings. The summed E-state index contributed by atoms with van der Waals surface area (Å²) in [5.74, 6) is -0.991. The first-order valence-corrected chi connectivity index (χ1v) is 13.5. The van der Waals surface area contributed by atoms with Crippen LogP contribution in [0.3, 0.4) is 0 Å². The Bertz CT molecular complexity index is 1440. The average Bonchev–Trinajstić information content (AvgIpc) is 2.94. The molecule has 202 valence electrons. The standard InChI is InChI=1S/C31H33FN4O3/c1-3-34(4-2)26-14-8-21(9-15-26)17-27(33-30(38)23-10-12-25(32)13-11-23)31(39)35-18-22-16-24(20-35)28-6-5-7-29(37)36(28)19-22/h5-15,17,22,24H,3-4,16,18-20H2,1-2H3,(H,33,38). The maximum absolute atomic E-state index is 13.9. The summed E-state index contributed by atoms with van der Waals surface area (Å²) in [4.78, 5) is 43.4. The van der Waals surface area contributed by atoms with Crippen molar-refractivity contribution >= 4 is 23.6 Å². The smallest absolute Gasteiger partial charge is 0.270 e. The van der Waals surface area contributed by atoms with Crippen molar-refractivity contribution < 1.29 is 14.0 Å². The first-order valence-electron chi connectivity index (χ1n) is 13.5. The number of carbonyl (C=O) groups excluding carboxylic acids is 2. The molecule has 5 rings (SSSR count). The SMILES string of the molecule is CCN(CC)c1ccc(C=C(NC(=O)c2ccc(F)cc2)C(=O)N2CC3CC(C2)c2cccc(=O)n2C3)cc1. The lowest BCUT2D eigenvalue weighted by Gasteiger charge is -2.43. The summed E-state index contributed by atoms with van der Waals surface area (Å²) in [6, 6.07) is 18.4. The summed E-state index contributed by atoms with van der Waals surface area (Å²) in [5.41, 5.74) is 3.22. The minimum absolute atomic E-state index is 0.0118. The molecular formula is C31H33FN4O3. The van der Waals surface area contributed by atoms with Gasteiger partial charge >= 0.3 is 0 Å². The Morgan fingerprint density at radius 1 is 0.974 bits per heavy atom. The highest BCUT2D eigenvalue weighted by Crippen LogP contribution is 2.35. The van der Waals surface area contributed by atoms with Crippen molar-refractivity contribution in [3.8, 4) is 0 Å². The number of hydrogen-bond donors (Lipinski definition) is 1. The molecule has 1 fully saturated rings. The maximum atomic E-state index is 13.9. The van der Waals surface area contributed by atoms with E-state index in [-0.39, 0.29) is 34.6 Å². The number of piperidine rings is 1. The summed E-state index contributed by atoms with van der Waals surface area (Å²) in [5, 5.41) is 2.79. The van der Waals surface area contributed by atoms with Crippen LogP contribution in [0.2, 0.25) is 0 Å². The van der Waals surface area contributed by atoms with E-state index in [1.807, 2.05) is 34.9 Å². The summed E-state index contributed by atoms with van der Waals surface area (Å²) >= 11 is 0. The fourth-order valence-electron chi connectivity index (χ4n) is 5.72. The number of amides is 2. The number of nitrogens with zero attached hydrogens (tertiary/aromatic N) is 3. The Balaban J connectivity index is 1.44. The van der Waals surface area contributed by atoms with Crippen molar-refractivity contribution in [2.45, 2.75) is 32.7 Å². The van der Waals surface area contributed by atoms with E-state index in [1.165, 1.54) is 24.3 Å². The lowest BCUT2D eigenvalue weighted by atomic mass is 9.83. The molecule has 0 aliphatic carbocycles. The molecule has 2 aromatic carbocycles. The van der Waals surface area contributed by atoms with Gasteiger partial charge in [-0.1, -0.05) is 18.2 Å². The van der Waals surface area contributed by atoms with Crippen LogP contribution >= 0.6 is 0 Å². The van der Waals surface area contributed by atoms with Gasteiger partial charge < -0.3 is 19.7 Å². The molecule has 7 nitrogen and oxygen atoms in total. The van der Waals surface area contributed by atoms with Gasteiger partial charge in [-0.3, -0.25) is 14.4 Å². The van der Waals surface area contributed by atoms with E-state index in [0.717, 1.165) is 36.5 Å². The largest absolute Gasteiger partial charge is 0.372 e. The number of nitrogens with one attached hydrogen (secondary N) is 1. The summed E-state index contributed by atoms with van der Waals surface area (Å²) in [6.07, 6.45) is 2.61. The van der Waals surface area contributed by atoms with E-state index in [4.69, 9.17) is 0 Å². The predicted octanol–water partition coefficient (Wildman–Crippen LogP) is 4.25. The molecule has 0 radical (unpaired) electrons. The Kier molecular flexibility index (Phi) is 7.63. The number of anilines is 1. The number of halogens is 1. The number of hydrogen-bond acceptors (Lipinski definition) is 4. The van der Waals surface area contributed by atoms with Crippen LogP contribution in [0.15, 0.2) is 77.2 Å². The van der Waals surface area contributed by atoms with Gasteiger partial charge in [-0.05, 0) is 80.3 Å². The second-order valence-corrected chi connectivity index (χ2v) is 10.2. The lowest BCUT2D eigenvalue weighted by molar-refractivity contribution is -0.130. The fraction of sp³-hybridized carbons (Fsp3) is 0.323. The van der Waals surface area contributed by atoms with Gasteiger partial charge in [-0.15, -0.1) is 0 Å². The van der Waals surface area contributed by atoms with Crippen molar-refractivity contribution in [1.29, 1.82) is 0 Å². The highest BCUT2D eigenvalue weighted by Gasteiger charge is 2.37. The third kappa shape index (κ3) is 5.65. The minimum atomic E-state index is -0.483. The number of carbonyl (C=O) groups is 2. The van der Waals surface area contributed by atoms with E-state index in [0.29, 0.717) is 19.6 Å². The van der Waals surface area contributed by atoms with Crippen LogP contribution in [0.4, 0.5) is 10.1 Å². The second-order valence-electron chi connectivity index (χ2n) is 10.2. The van der Waals surface area contributed by atoms with Gasteiger partial charge in [0, 0.05) is 61.7 Å². The number of rotatable bonds is 7. The molecule has 3 heterocycles. The zero-order valence-corrected chi connectivity index (χ0v) is 22.3. The van der Waals surface area contributed by atoms with E-state index < -0.39 is 11.7 Å². The number of likely N-dealkylation sites (tertiary alicyclic amines) is 1. The van der Waals surface area contributed by atoms with Crippen molar-refractivity contribution in [3.05, 3.63) is 105 Å². The zero-order valence-electron chi connectivity index (χ0n) is 22.3. The van der Waals surface area contributed by atoms with E-state index in [1.54, 1.807) is 23.1 Å². The maximum Gasteiger partial charge on any atom is 0.270 e. The molecule has 1 N–H and O–H groups in total. The molecule has 1 aromatic heterocycles. The zero-order chi connectivity index (χ0) is 27.5. The quantitative estimate of drug-likeness (QED) is 0.466. The first-order chi connectivity index (χ1) is 18.9. The van der Waals surface area contributed by atoms with Gasteiger partial charge in [0.05, 0.1) is 0 Å². The van der Waals surface area contributed by atoms with Crippen molar-refractivity contribution in [2.24, 2.45) is 5.92 Å². The molecule has 39 heavy (non-hydrogen) atoms. The molecular weight excluding hydrogens is 495 g/mol. The van der Waals surface area contributed by atoms with Crippen LogP contribution in [-0.4, -0.2) is 47.5 Å². The van der Waals surface area contributed by atoms with Crippen LogP contribution < -0.4 is 15.8 Å². The number of fused-ring (bicyclic) bond motifs is 4. The van der Waals surface area contributed by atoms with Crippen molar-refractivity contribution in [3.63, 3.8) is 0 Å². The summed E-state index contributed by atoms with van der Waals surface area (Å²) in [6.45, 7) is 7.50. The van der Waals surface area contributed by atoms with Gasteiger partial charge in [-0.25, -0.2) is 4.39 Å². The first kappa shape index (κ1) is 26.4. The monoisotopic (exact) mass is 528 g/mol. The molecule has 8 heteroatoms. The van der Waals surface area contributed by atoms with Gasteiger partial charge in [0.1, 0.15) is 11.5 Å². The normalized spacial score (nSPS) is 18.3. The Hall–Kier alpha value is -4.20. The molecule has 2 atom stereocenters. The second kappa shape index (κ2) is 11.3. The molecule has 2 amide bonds. The van der Waals surface area contributed by atoms with Crippen LogP contribution in [0.5, 0.6) is 0 Å². The highest BCUT2D eigenvalue weighted by atomic mass is 19.1. The Morgan fingerprint density at radius 3 is 2.38 bits per heavy atom. The summed E-state index contributed by atoms with van der Waals surface area (Å²) < 4.78 is 15.3. The molecule has 0 saturated carbocycles. The van der Waals surface area contributed by atoms with Gasteiger partial charge in [0.25, 0.3) is 17.4 Å². The third-order valence-corrected chi connectivity index (χ3v) is 7.68. The molecule has 0 spiro atoms. The van der Waals surface area contributed by atoms with Crippen LogP contribution in [0.1, 0.15) is 47.8 Å². The fourth-order valence-corrected chi connectivity index (χ4v) is 5.72. The molecule has 2 aliphatic rings. The third-order valence-electron chi connectivity index (χ3n) is 7.68. The van der Waals surface area contributed by atoms with Crippen molar-refractivity contribution in [1.82, 2.24) is 14.8 Å². The number of benzene rings is 2. The van der Waals surface area contributed by atoms with Crippen molar-refractivity contribution in [2.75, 3.05) is 31.1 Å². The Morgan fingerprint density at radius 2 is 1.69 bits per heavy atom. The predicted molar refractivity (Wildman–Crippen MR) is 150 cm³/mol. The number of pyridine rings is 1. The Labute approximate surface area is 227 Å². The topological polar surface area (TPSA) is 74.7 Å². The van der Waals surface area contributed by atoms with Gasteiger partial charge in [-0.2, -0.15) is 0 Å². The molecule has 2 bridgehead atoms. The molecule has 1 saturated heterocycles. The van der Waals surface area contributed by atoms with Gasteiger partial charge in [0.2, 0.25) is 0 Å². The summed E-state index contributed by atoms with van der Waals surface area (Å²) in [7, 11) is 0. The van der Waals surface area contributed by atoms with Gasteiger partial charge in [0.15, 0.2) is 0 Å². The van der Waals surface area contributed by atoms with Crippen LogP contribution in [-0.2, 0) is 11.3 Å². The van der Waals surface area contributed by atoms with Crippen LogP contribution in [0, 0.1) is 11.7 Å². The van der Waals surface area contributed by atoms with Crippen LogP contribution in [0.25, 0.3) is 6.08 Å². The van der Waals surface area contributed by atoms with E-state index >= 15 is 0 Å². The van der Waals surface area contributed by atoms with E-state index in [2.05, 4.69) is 24.1 Å². The molecule has 2 aliphatic heterocycles.